The van der Waals surface area contributed by atoms with Crippen molar-refractivity contribution in [3.63, 3.8) is 0 Å². The van der Waals surface area contributed by atoms with Crippen molar-refractivity contribution in [2.45, 2.75) is 13.5 Å². The highest BCUT2D eigenvalue weighted by molar-refractivity contribution is 9.10. The summed E-state index contributed by atoms with van der Waals surface area (Å²) in [4.78, 5) is 7.91. The largest absolute Gasteiger partial charge is 0.465 e. The van der Waals surface area contributed by atoms with Crippen molar-refractivity contribution in [2.75, 3.05) is 5.32 Å². The monoisotopic (exact) mass is 301 g/mol. The fraction of sp³-hybridized carbons (Fsp3) is 0.200. The molecule has 4 nitrogen and oxygen atoms in total. The van der Waals surface area contributed by atoms with Gasteiger partial charge in [0.2, 0.25) is 0 Å². The van der Waals surface area contributed by atoms with Gasteiger partial charge in [-0.15, -0.1) is 0 Å². The lowest BCUT2D eigenvalue weighted by atomic mass is 10.4. The molecule has 0 saturated heterocycles. The number of aromatic nitrogens is 2. The Balaban J connectivity index is 2.07. The van der Waals surface area contributed by atoms with Crippen molar-refractivity contribution in [2.24, 2.45) is 0 Å². The van der Waals surface area contributed by atoms with Gasteiger partial charge in [0, 0.05) is 0 Å². The third-order valence-corrected chi connectivity index (χ3v) is 3.24. The van der Waals surface area contributed by atoms with Crippen LogP contribution in [0.5, 0.6) is 0 Å². The predicted octanol–water partition coefficient (Wildman–Crippen LogP) is 3.41. The summed E-state index contributed by atoms with van der Waals surface area (Å²) in [6.45, 7) is 2.46. The van der Waals surface area contributed by atoms with Crippen LogP contribution >= 0.6 is 27.5 Å². The van der Waals surface area contributed by atoms with Gasteiger partial charge in [-0.2, -0.15) is 0 Å². The summed E-state index contributed by atoms with van der Waals surface area (Å²) in [5, 5.41) is 3.49. The molecule has 0 fully saturated rings. The van der Waals surface area contributed by atoms with Gasteiger partial charge in [0.25, 0.3) is 0 Å². The van der Waals surface area contributed by atoms with Crippen molar-refractivity contribution in [1.82, 2.24) is 9.97 Å². The molecule has 1 N–H and O–H groups in total. The first kappa shape index (κ1) is 11.4. The maximum atomic E-state index is 5.84. The Morgan fingerprint density at radius 3 is 2.94 bits per heavy atom. The van der Waals surface area contributed by atoms with Crippen LogP contribution in [0.3, 0.4) is 0 Å². The third kappa shape index (κ3) is 2.54. The molecule has 6 heteroatoms. The summed E-state index contributed by atoms with van der Waals surface area (Å²) < 4.78 is 6.07. The first-order valence-corrected chi connectivity index (χ1v) is 5.79. The Morgan fingerprint density at radius 1 is 1.44 bits per heavy atom. The lowest BCUT2D eigenvalue weighted by Gasteiger charge is -2.05. The molecule has 0 aromatic carbocycles. The molecule has 2 aromatic heterocycles. The van der Waals surface area contributed by atoms with Crippen LogP contribution in [0, 0.1) is 6.92 Å². The molecule has 16 heavy (non-hydrogen) atoms. The second-order valence-electron chi connectivity index (χ2n) is 3.19. The molecular weight excluding hydrogens is 293 g/mol. The van der Waals surface area contributed by atoms with E-state index in [-0.39, 0.29) is 0 Å². The van der Waals surface area contributed by atoms with Gasteiger partial charge in [-0.05, 0) is 35.0 Å². The number of anilines is 1. The minimum atomic E-state index is 0.383. The second kappa shape index (κ2) is 4.84. The van der Waals surface area contributed by atoms with Crippen LogP contribution in [0.4, 0.5) is 5.82 Å². The zero-order valence-electron chi connectivity index (χ0n) is 8.50. The van der Waals surface area contributed by atoms with Crippen molar-refractivity contribution < 1.29 is 4.42 Å². The van der Waals surface area contributed by atoms with E-state index in [9.17, 15) is 0 Å². The molecule has 2 heterocycles. The normalized spacial score (nSPS) is 10.4. The van der Waals surface area contributed by atoms with Crippen LogP contribution in [0.2, 0.25) is 5.15 Å². The Morgan fingerprint density at radius 2 is 2.25 bits per heavy atom. The summed E-state index contributed by atoms with van der Waals surface area (Å²) in [7, 11) is 0. The van der Waals surface area contributed by atoms with E-state index in [0.29, 0.717) is 22.0 Å². The number of hydrogen-bond donors (Lipinski definition) is 1. The fourth-order valence-electron chi connectivity index (χ4n) is 1.22. The number of rotatable bonds is 3. The molecule has 0 bridgehead atoms. The smallest absolute Gasteiger partial charge is 0.148 e. The van der Waals surface area contributed by atoms with Crippen molar-refractivity contribution in [1.29, 1.82) is 0 Å². The second-order valence-corrected chi connectivity index (χ2v) is 4.34. The third-order valence-electron chi connectivity index (χ3n) is 1.97. The molecule has 0 spiro atoms. The molecule has 2 aromatic rings. The van der Waals surface area contributed by atoms with Crippen LogP contribution in [0.25, 0.3) is 0 Å². The molecule has 0 amide bonds. The lowest BCUT2D eigenvalue weighted by Crippen LogP contribution is -2.01. The molecule has 0 radical (unpaired) electrons. The van der Waals surface area contributed by atoms with Gasteiger partial charge in [0.15, 0.2) is 0 Å². The van der Waals surface area contributed by atoms with Gasteiger partial charge in [0.1, 0.15) is 28.8 Å². The number of aryl methyl sites for hydroxylation is 1. The molecule has 0 atom stereocenters. The molecule has 0 aliphatic carbocycles. The van der Waals surface area contributed by atoms with Crippen LogP contribution in [-0.4, -0.2) is 9.97 Å². The van der Waals surface area contributed by atoms with Crippen molar-refractivity contribution in [3.05, 3.63) is 39.6 Å². The first-order valence-electron chi connectivity index (χ1n) is 4.62. The topological polar surface area (TPSA) is 51.0 Å². The summed E-state index contributed by atoms with van der Waals surface area (Å²) in [6.07, 6.45) is 1.41. The maximum absolute atomic E-state index is 5.84. The first-order chi connectivity index (χ1) is 7.66. The van der Waals surface area contributed by atoms with Crippen LogP contribution in [0.1, 0.15) is 11.5 Å². The molecule has 0 saturated carbocycles. The number of nitrogens with one attached hydrogen (secondary N) is 1. The van der Waals surface area contributed by atoms with E-state index in [0.717, 1.165) is 11.5 Å². The van der Waals surface area contributed by atoms with Gasteiger partial charge in [-0.25, -0.2) is 9.97 Å². The molecule has 0 aliphatic heterocycles. The standard InChI is InChI=1S/C10H9BrClN3O/c1-6-2-3-7(16-6)4-13-10-8(11)9(12)14-5-15-10/h2-3,5H,4H2,1H3,(H,13,14,15). The fourth-order valence-corrected chi connectivity index (χ4v) is 1.70. The van der Waals surface area contributed by atoms with Gasteiger partial charge < -0.3 is 9.73 Å². The average Bonchev–Trinajstić information content (AvgIpc) is 2.67. The summed E-state index contributed by atoms with van der Waals surface area (Å²) >= 11 is 9.15. The minimum absolute atomic E-state index is 0.383. The van der Waals surface area contributed by atoms with E-state index in [1.165, 1.54) is 6.33 Å². The number of furan rings is 1. The zero-order valence-corrected chi connectivity index (χ0v) is 10.8. The van der Waals surface area contributed by atoms with E-state index in [4.69, 9.17) is 16.0 Å². The molecule has 84 valence electrons. The Bertz CT molecular complexity index is 501. The van der Waals surface area contributed by atoms with Crippen molar-refractivity contribution >= 4 is 33.3 Å². The highest BCUT2D eigenvalue weighted by Crippen LogP contribution is 2.26. The minimum Gasteiger partial charge on any atom is -0.465 e. The lowest BCUT2D eigenvalue weighted by molar-refractivity contribution is 0.490. The van der Waals surface area contributed by atoms with Crippen molar-refractivity contribution in [3.8, 4) is 0 Å². The number of nitrogens with zero attached hydrogens (tertiary/aromatic N) is 2. The quantitative estimate of drug-likeness (QED) is 0.883. The van der Waals surface area contributed by atoms with Crippen LogP contribution in [-0.2, 0) is 6.54 Å². The Labute approximate surface area is 106 Å². The highest BCUT2D eigenvalue weighted by Gasteiger charge is 2.06. The molecular formula is C10H9BrClN3O. The zero-order chi connectivity index (χ0) is 11.5. The van der Waals surface area contributed by atoms with E-state index in [1.54, 1.807) is 0 Å². The van der Waals surface area contributed by atoms with E-state index < -0.39 is 0 Å². The number of halogens is 2. The Hall–Kier alpha value is -1.07. The van der Waals surface area contributed by atoms with Gasteiger partial charge in [-0.1, -0.05) is 11.6 Å². The predicted molar refractivity (Wildman–Crippen MR) is 65.5 cm³/mol. The molecule has 0 unspecified atom stereocenters. The van der Waals surface area contributed by atoms with E-state index in [2.05, 4.69) is 31.2 Å². The Kier molecular flexibility index (Phi) is 3.46. The summed E-state index contributed by atoms with van der Waals surface area (Å²) in [5.41, 5.74) is 0. The van der Waals surface area contributed by atoms with E-state index >= 15 is 0 Å². The maximum Gasteiger partial charge on any atom is 0.148 e. The van der Waals surface area contributed by atoms with Gasteiger partial charge in [0.05, 0.1) is 11.0 Å². The molecule has 2 rings (SSSR count). The van der Waals surface area contributed by atoms with Crippen LogP contribution < -0.4 is 5.32 Å². The van der Waals surface area contributed by atoms with E-state index in [1.807, 2.05) is 19.1 Å². The summed E-state index contributed by atoms with van der Waals surface area (Å²) in [5.74, 6) is 2.38. The number of hydrogen-bond acceptors (Lipinski definition) is 4. The SMILES string of the molecule is Cc1ccc(CNc2ncnc(Cl)c2Br)o1. The highest BCUT2D eigenvalue weighted by atomic mass is 79.9. The van der Waals surface area contributed by atoms with Crippen LogP contribution in [0.15, 0.2) is 27.3 Å². The van der Waals surface area contributed by atoms with Gasteiger partial charge >= 0.3 is 0 Å². The molecule has 0 aliphatic rings. The average molecular weight is 303 g/mol. The summed E-state index contributed by atoms with van der Waals surface area (Å²) in [6, 6.07) is 3.83. The van der Waals surface area contributed by atoms with Gasteiger partial charge in [-0.3, -0.25) is 0 Å².